The second-order valence-corrected chi connectivity index (χ2v) is 12.4. The van der Waals surface area contributed by atoms with Crippen molar-refractivity contribution >= 4 is 39.9 Å². The van der Waals surface area contributed by atoms with E-state index in [1.165, 1.54) is 23.5 Å². The third-order valence-corrected chi connectivity index (χ3v) is 9.66. The van der Waals surface area contributed by atoms with E-state index < -0.39 is 0 Å². The van der Waals surface area contributed by atoms with Crippen molar-refractivity contribution in [2.45, 2.75) is 26.2 Å². The first-order valence-electron chi connectivity index (χ1n) is 15.5. The van der Waals surface area contributed by atoms with Gasteiger partial charge in [-0.1, -0.05) is 18.3 Å². The van der Waals surface area contributed by atoms with Crippen LogP contribution in [0.4, 0.5) is 26.1 Å². The molecule has 0 N–H and O–H groups in total. The number of aryl methyl sites for hydroxylation is 1. The monoisotopic (exact) mass is 636 g/mol. The molecule has 0 radical (unpaired) electrons. The highest BCUT2D eigenvalue weighted by molar-refractivity contribution is 7.16. The van der Waals surface area contributed by atoms with Crippen LogP contribution in [0.15, 0.2) is 55.0 Å². The largest absolute Gasteiger partial charge is 0.337 e. The number of aromatic nitrogens is 5. The number of urea groups is 1. The SMILES string of the molecule is CCc1nc2ccc(-c3cnc(N4CCN(C(=O)N5CCCC5)CC4)nc3)cn2c1N(C)c1nc(-c2ccc(F)cc2)c(C#N)s1. The van der Waals surface area contributed by atoms with Gasteiger partial charge in [0.05, 0.1) is 5.69 Å². The van der Waals surface area contributed by atoms with Gasteiger partial charge >= 0.3 is 6.03 Å². The predicted octanol–water partition coefficient (Wildman–Crippen LogP) is 5.59. The number of pyridine rings is 1. The summed E-state index contributed by atoms with van der Waals surface area (Å²) in [7, 11) is 1.92. The van der Waals surface area contributed by atoms with Crippen LogP contribution in [0.3, 0.4) is 0 Å². The maximum atomic E-state index is 13.6. The molecule has 2 fully saturated rings. The van der Waals surface area contributed by atoms with Crippen LogP contribution in [0.5, 0.6) is 0 Å². The highest BCUT2D eigenvalue weighted by Gasteiger charge is 2.28. The van der Waals surface area contributed by atoms with E-state index in [1.807, 2.05) is 56.9 Å². The fourth-order valence-electron chi connectivity index (χ4n) is 6.11. The van der Waals surface area contributed by atoms with Crippen molar-refractivity contribution in [2.24, 2.45) is 0 Å². The van der Waals surface area contributed by atoms with E-state index in [0.717, 1.165) is 54.2 Å². The molecule has 6 heterocycles. The van der Waals surface area contributed by atoms with Crippen molar-refractivity contribution in [3.63, 3.8) is 0 Å². The molecular weight excluding hydrogens is 603 g/mol. The third-order valence-electron chi connectivity index (χ3n) is 8.62. The minimum atomic E-state index is -0.340. The van der Waals surface area contributed by atoms with Gasteiger partial charge in [-0.2, -0.15) is 5.26 Å². The van der Waals surface area contributed by atoms with Gasteiger partial charge in [0, 0.05) is 81.6 Å². The molecule has 1 aromatic carbocycles. The second kappa shape index (κ2) is 12.4. The Bertz CT molecular complexity index is 1920. The molecule has 46 heavy (non-hydrogen) atoms. The molecule has 0 atom stereocenters. The lowest BCUT2D eigenvalue weighted by Crippen LogP contribution is -2.52. The number of piperazine rings is 1. The number of halogens is 1. The van der Waals surface area contributed by atoms with E-state index in [-0.39, 0.29) is 11.8 Å². The van der Waals surface area contributed by atoms with E-state index >= 15 is 0 Å². The Labute approximate surface area is 270 Å². The molecule has 7 rings (SSSR count). The number of likely N-dealkylation sites (tertiary alicyclic amines) is 1. The summed E-state index contributed by atoms with van der Waals surface area (Å²) in [4.78, 5) is 40.2. The summed E-state index contributed by atoms with van der Waals surface area (Å²) in [6.07, 6.45) is 8.57. The molecule has 5 aromatic rings. The van der Waals surface area contributed by atoms with Crippen LogP contribution >= 0.6 is 11.3 Å². The van der Waals surface area contributed by atoms with Crippen LogP contribution in [0, 0.1) is 17.1 Å². The highest BCUT2D eigenvalue weighted by atomic mass is 32.1. The van der Waals surface area contributed by atoms with E-state index in [0.29, 0.717) is 59.8 Å². The zero-order valence-electron chi connectivity index (χ0n) is 25.7. The van der Waals surface area contributed by atoms with Crippen molar-refractivity contribution in [1.29, 1.82) is 5.26 Å². The lowest BCUT2D eigenvalue weighted by molar-refractivity contribution is 0.159. The molecule has 13 heteroatoms. The van der Waals surface area contributed by atoms with E-state index in [2.05, 4.69) is 17.9 Å². The molecule has 2 amide bonds. The Hall–Kier alpha value is -5.09. The topological polar surface area (TPSA) is 110 Å². The maximum absolute atomic E-state index is 13.6. The Balaban J connectivity index is 1.12. The molecule has 2 aliphatic rings. The summed E-state index contributed by atoms with van der Waals surface area (Å²) >= 11 is 1.29. The zero-order valence-corrected chi connectivity index (χ0v) is 26.5. The molecule has 0 bridgehead atoms. The summed E-state index contributed by atoms with van der Waals surface area (Å²) in [5.74, 6) is 1.17. The quantitative estimate of drug-likeness (QED) is 0.237. The fraction of sp³-hybridized carbons (Fsp3) is 0.333. The summed E-state index contributed by atoms with van der Waals surface area (Å²) < 4.78 is 15.6. The number of thiazole rings is 1. The van der Waals surface area contributed by atoms with Crippen molar-refractivity contribution in [3.05, 3.63) is 71.4 Å². The van der Waals surface area contributed by atoms with Gasteiger partial charge in [-0.25, -0.2) is 29.1 Å². The van der Waals surface area contributed by atoms with Crippen molar-refractivity contribution in [3.8, 4) is 28.5 Å². The van der Waals surface area contributed by atoms with Gasteiger partial charge in [0.1, 0.15) is 33.9 Å². The second-order valence-electron chi connectivity index (χ2n) is 11.5. The van der Waals surface area contributed by atoms with Gasteiger partial charge in [0.25, 0.3) is 0 Å². The number of imidazole rings is 1. The van der Waals surface area contributed by atoms with E-state index in [1.54, 1.807) is 12.1 Å². The number of rotatable bonds is 6. The number of carbonyl (C=O) groups is 1. The Kier molecular flexibility index (Phi) is 7.96. The smallest absolute Gasteiger partial charge is 0.320 e. The van der Waals surface area contributed by atoms with Gasteiger partial charge in [-0.15, -0.1) is 0 Å². The summed E-state index contributed by atoms with van der Waals surface area (Å²) in [6.45, 7) is 6.49. The Morgan fingerprint density at radius 2 is 1.61 bits per heavy atom. The van der Waals surface area contributed by atoms with Gasteiger partial charge in [0.15, 0.2) is 5.13 Å². The number of nitriles is 1. The molecule has 234 valence electrons. The van der Waals surface area contributed by atoms with Crippen molar-refractivity contribution in [1.82, 2.24) is 34.1 Å². The summed E-state index contributed by atoms with van der Waals surface area (Å²) in [5.41, 5.74) is 4.69. The van der Waals surface area contributed by atoms with E-state index in [4.69, 9.17) is 19.9 Å². The molecule has 0 saturated carbocycles. The van der Waals surface area contributed by atoms with Gasteiger partial charge in [-0.05, 0) is 55.7 Å². The van der Waals surface area contributed by atoms with Crippen molar-refractivity contribution < 1.29 is 9.18 Å². The van der Waals surface area contributed by atoms with Gasteiger partial charge < -0.3 is 19.6 Å². The molecule has 0 unspecified atom stereocenters. The minimum Gasteiger partial charge on any atom is -0.337 e. The molecule has 0 aliphatic carbocycles. The van der Waals surface area contributed by atoms with Crippen LogP contribution in [0.1, 0.15) is 30.3 Å². The predicted molar refractivity (Wildman–Crippen MR) is 176 cm³/mol. The number of fused-ring (bicyclic) bond motifs is 1. The van der Waals surface area contributed by atoms with Crippen molar-refractivity contribution in [2.75, 3.05) is 56.1 Å². The molecule has 4 aromatic heterocycles. The van der Waals surface area contributed by atoms with E-state index in [9.17, 15) is 14.4 Å². The van der Waals surface area contributed by atoms with Gasteiger partial charge in [0.2, 0.25) is 5.95 Å². The third kappa shape index (κ3) is 5.49. The number of hydrogen-bond acceptors (Lipinski definition) is 9. The summed E-state index contributed by atoms with van der Waals surface area (Å²) in [6, 6.07) is 12.4. The van der Waals surface area contributed by atoms with Crippen LogP contribution < -0.4 is 9.80 Å². The Morgan fingerprint density at radius 3 is 2.28 bits per heavy atom. The average Bonchev–Trinajstić information content (AvgIpc) is 3.87. The summed E-state index contributed by atoms with van der Waals surface area (Å²) in [5, 5.41) is 10.5. The fourth-order valence-corrected chi connectivity index (χ4v) is 6.95. The molecule has 0 spiro atoms. The number of carbonyl (C=O) groups excluding carboxylic acids is 1. The zero-order chi connectivity index (χ0) is 31.8. The lowest BCUT2D eigenvalue weighted by atomic mass is 10.1. The normalized spacial score (nSPS) is 15.0. The molecule has 2 aliphatic heterocycles. The van der Waals surface area contributed by atoms with Crippen LogP contribution in [-0.2, 0) is 6.42 Å². The first kappa shape index (κ1) is 29.6. The average molecular weight is 637 g/mol. The number of hydrogen-bond donors (Lipinski definition) is 0. The van der Waals surface area contributed by atoms with Gasteiger partial charge in [-0.3, -0.25) is 4.40 Å². The Morgan fingerprint density at radius 1 is 0.935 bits per heavy atom. The number of benzene rings is 1. The maximum Gasteiger partial charge on any atom is 0.320 e. The number of anilines is 3. The number of amides is 2. The van der Waals surface area contributed by atoms with Crippen LogP contribution in [0.2, 0.25) is 0 Å². The molecule has 2 saturated heterocycles. The first-order valence-corrected chi connectivity index (χ1v) is 16.3. The molecule has 11 nitrogen and oxygen atoms in total. The molecular formula is C33H33FN10OS. The first-order chi connectivity index (χ1) is 22.4. The standard InChI is InChI=1S/C33H33FN10OS/c1-3-26-30(40(2)32-39-29(27(18-35)46-32)22-6-9-25(34)10-7-22)44-21-23(8-11-28(44)38-26)24-19-36-31(37-20-24)41-14-16-43(17-15-41)33(45)42-12-4-5-13-42/h6-11,19-21H,3-5,12-17H2,1-2H3. The van der Waals surface area contributed by atoms with Crippen LogP contribution in [-0.4, -0.2) is 86.5 Å². The lowest BCUT2D eigenvalue weighted by Gasteiger charge is -2.36. The highest BCUT2D eigenvalue weighted by Crippen LogP contribution is 2.37. The van der Waals surface area contributed by atoms with Crippen LogP contribution in [0.25, 0.3) is 28.0 Å². The number of nitrogens with zero attached hydrogens (tertiary/aromatic N) is 10. The minimum absolute atomic E-state index is 0.147.